The van der Waals surface area contributed by atoms with Crippen molar-refractivity contribution >= 4 is 6.09 Å². The molecule has 0 aromatic rings. The highest BCUT2D eigenvalue weighted by Crippen LogP contribution is 2.25. The molecule has 1 heterocycles. The summed E-state index contributed by atoms with van der Waals surface area (Å²) in [4.78, 5) is 14.5. The SMILES string of the molecule is CC(C)(C)OC(=O)N1CCN([C@@H](CN)C(F)(F)F)CC1. The summed E-state index contributed by atoms with van der Waals surface area (Å²) in [6.07, 6.45) is -4.84. The van der Waals surface area contributed by atoms with Crippen LogP contribution < -0.4 is 5.73 Å². The Morgan fingerprint density at radius 1 is 1.20 bits per heavy atom. The maximum Gasteiger partial charge on any atom is 0.410 e. The zero-order valence-electron chi connectivity index (χ0n) is 12.0. The van der Waals surface area contributed by atoms with Gasteiger partial charge in [-0.15, -0.1) is 0 Å². The van der Waals surface area contributed by atoms with Crippen LogP contribution in [-0.4, -0.2) is 66.4 Å². The molecule has 1 aliphatic rings. The maximum atomic E-state index is 12.8. The molecular weight excluding hydrogens is 275 g/mol. The molecule has 5 nitrogen and oxygen atoms in total. The smallest absolute Gasteiger partial charge is 0.410 e. The molecule has 0 bridgehead atoms. The first-order valence-electron chi connectivity index (χ1n) is 6.53. The standard InChI is InChI=1S/C12H22F3N3O2/c1-11(2,3)20-10(19)18-6-4-17(5-7-18)9(8-16)12(13,14)15/h9H,4-8,16H2,1-3H3/t9-/m0/s1. The van der Waals surface area contributed by atoms with Gasteiger partial charge in [-0.2, -0.15) is 13.2 Å². The van der Waals surface area contributed by atoms with Crippen LogP contribution in [-0.2, 0) is 4.74 Å². The van der Waals surface area contributed by atoms with Gasteiger partial charge in [0, 0.05) is 32.7 Å². The summed E-state index contributed by atoms with van der Waals surface area (Å²) in [6.45, 7) is 5.46. The van der Waals surface area contributed by atoms with Crippen molar-refractivity contribution in [2.75, 3.05) is 32.7 Å². The number of carbonyl (C=O) groups is 1. The van der Waals surface area contributed by atoms with Gasteiger partial charge >= 0.3 is 12.3 Å². The molecule has 1 rings (SSSR count). The van der Waals surface area contributed by atoms with E-state index in [0.29, 0.717) is 0 Å². The van der Waals surface area contributed by atoms with E-state index in [1.807, 2.05) is 0 Å². The summed E-state index contributed by atoms with van der Waals surface area (Å²) in [5.74, 6) is 0. The van der Waals surface area contributed by atoms with E-state index in [1.54, 1.807) is 20.8 Å². The largest absolute Gasteiger partial charge is 0.444 e. The molecule has 0 spiro atoms. The highest BCUT2D eigenvalue weighted by molar-refractivity contribution is 5.68. The second-order valence-corrected chi connectivity index (χ2v) is 5.80. The Morgan fingerprint density at radius 2 is 1.70 bits per heavy atom. The van der Waals surface area contributed by atoms with Crippen LogP contribution in [0.1, 0.15) is 20.8 Å². The van der Waals surface area contributed by atoms with Crippen LogP contribution in [0.5, 0.6) is 0 Å². The van der Waals surface area contributed by atoms with Crippen LogP contribution in [0.4, 0.5) is 18.0 Å². The summed E-state index contributed by atoms with van der Waals surface area (Å²) < 4.78 is 43.5. The fourth-order valence-corrected chi connectivity index (χ4v) is 2.03. The number of rotatable bonds is 2. The number of nitrogens with zero attached hydrogens (tertiary/aromatic N) is 2. The molecular formula is C12H22F3N3O2. The lowest BCUT2D eigenvalue weighted by atomic mass is 10.2. The van der Waals surface area contributed by atoms with Crippen molar-refractivity contribution in [2.24, 2.45) is 5.73 Å². The van der Waals surface area contributed by atoms with Gasteiger partial charge < -0.3 is 15.4 Å². The second kappa shape index (κ2) is 6.17. The highest BCUT2D eigenvalue weighted by atomic mass is 19.4. The van der Waals surface area contributed by atoms with Gasteiger partial charge in [-0.05, 0) is 20.8 Å². The van der Waals surface area contributed by atoms with Crippen molar-refractivity contribution in [3.05, 3.63) is 0 Å². The summed E-state index contributed by atoms with van der Waals surface area (Å²) >= 11 is 0. The van der Waals surface area contributed by atoms with Gasteiger partial charge in [-0.3, -0.25) is 4.90 Å². The molecule has 1 amide bonds. The number of carbonyl (C=O) groups excluding carboxylic acids is 1. The first-order valence-corrected chi connectivity index (χ1v) is 6.53. The molecule has 0 radical (unpaired) electrons. The van der Waals surface area contributed by atoms with Gasteiger partial charge in [-0.25, -0.2) is 4.79 Å². The van der Waals surface area contributed by atoms with Gasteiger partial charge in [0.1, 0.15) is 11.6 Å². The average molecular weight is 297 g/mol. The average Bonchev–Trinajstić information content (AvgIpc) is 2.26. The molecule has 0 saturated carbocycles. The minimum atomic E-state index is -4.34. The van der Waals surface area contributed by atoms with Crippen molar-refractivity contribution in [3.63, 3.8) is 0 Å². The van der Waals surface area contributed by atoms with E-state index in [4.69, 9.17) is 10.5 Å². The molecule has 0 aromatic heterocycles. The van der Waals surface area contributed by atoms with Crippen LogP contribution in [0.25, 0.3) is 0 Å². The Kier molecular flexibility index (Phi) is 5.26. The van der Waals surface area contributed by atoms with Crippen molar-refractivity contribution in [3.8, 4) is 0 Å². The monoisotopic (exact) mass is 297 g/mol. The van der Waals surface area contributed by atoms with Crippen molar-refractivity contribution in [1.29, 1.82) is 0 Å². The summed E-state index contributed by atoms with van der Waals surface area (Å²) in [5.41, 5.74) is 4.59. The van der Waals surface area contributed by atoms with Crippen molar-refractivity contribution in [2.45, 2.75) is 38.6 Å². The number of hydrogen-bond donors (Lipinski definition) is 1. The second-order valence-electron chi connectivity index (χ2n) is 5.80. The lowest BCUT2D eigenvalue weighted by molar-refractivity contribution is -0.184. The number of alkyl halides is 3. The number of hydrogen-bond acceptors (Lipinski definition) is 4. The van der Waals surface area contributed by atoms with Crippen LogP contribution >= 0.6 is 0 Å². The van der Waals surface area contributed by atoms with E-state index in [2.05, 4.69) is 0 Å². The third kappa shape index (κ3) is 4.82. The first kappa shape index (κ1) is 17.0. The summed E-state index contributed by atoms with van der Waals surface area (Å²) in [5, 5.41) is 0. The third-order valence-electron chi connectivity index (χ3n) is 3.01. The van der Waals surface area contributed by atoms with E-state index >= 15 is 0 Å². The molecule has 20 heavy (non-hydrogen) atoms. The fourth-order valence-electron chi connectivity index (χ4n) is 2.03. The third-order valence-corrected chi connectivity index (χ3v) is 3.01. The molecule has 1 atom stereocenters. The fraction of sp³-hybridized carbons (Fsp3) is 0.917. The van der Waals surface area contributed by atoms with Crippen LogP contribution in [0.15, 0.2) is 0 Å². The zero-order chi connectivity index (χ0) is 15.6. The number of nitrogens with two attached hydrogens (primary N) is 1. The molecule has 2 N–H and O–H groups in total. The van der Waals surface area contributed by atoms with E-state index in [0.717, 1.165) is 0 Å². The molecule has 8 heteroatoms. The molecule has 1 aliphatic heterocycles. The van der Waals surface area contributed by atoms with Crippen LogP contribution in [0.2, 0.25) is 0 Å². The lowest BCUT2D eigenvalue weighted by Crippen LogP contribution is -2.58. The van der Waals surface area contributed by atoms with E-state index in [9.17, 15) is 18.0 Å². The summed E-state index contributed by atoms with van der Waals surface area (Å²) in [6, 6.07) is -1.65. The topological polar surface area (TPSA) is 58.8 Å². The normalized spacial score (nSPS) is 19.9. The maximum absolute atomic E-state index is 12.8. The molecule has 0 aliphatic carbocycles. The van der Waals surface area contributed by atoms with Gasteiger partial charge in [0.05, 0.1) is 0 Å². The number of ether oxygens (including phenoxy) is 1. The van der Waals surface area contributed by atoms with Crippen molar-refractivity contribution < 1.29 is 22.7 Å². The van der Waals surface area contributed by atoms with E-state index < -0.39 is 30.5 Å². The molecule has 0 aromatic carbocycles. The van der Waals surface area contributed by atoms with Gasteiger partial charge in [-0.1, -0.05) is 0 Å². The first-order chi connectivity index (χ1) is 9.04. The summed E-state index contributed by atoms with van der Waals surface area (Å²) in [7, 11) is 0. The zero-order valence-corrected chi connectivity index (χ0v) is 12.0. The number of piperazine rings is 1. The predicted octanol–water partition coefficient (Wildman–Crippen LogP) is 1.43. The predicted molar refractivity (Wildman–Crippen MR) is 68.3 cm³/mol. The number of amides is 1. The van der Waals surface area contributed by atoms with Gasteiger partial charge in [0.25, 0.3) is 0 Å². The van der Waals surface area contributed by atoms with Gasteiger partial charge in [0.2, 0.25) is 0 Å². The lowest BCUT2D eigenvalue weighted by Gasteiger charge is -2.39. The quantitative estimate of drug-likeness (QED) is 0.837. The Balaban J connectivity index is 2.53. The minimum Gasteiger partial charge on any atom is -0.444 e. The van der Waals surface area contributed by atoms with Crippen molar-refractivity contribution in [1.82, 2.24) is 9.80 Å². The van der Waals surface area contributed by atoms with E-state index in [1.165, 1.54) is 9.80 Å². The Labute approximate surface area is 116 Å². The molecule has 118 valence electrons. The van der Waals surface area contributed by atoms with E-state index in [-0.39, 0.29) is 26.2 Å². The molecule has 1 saturated heterocycles. The molecule has 1 fully saturated rings. The number of halogens is 3. The van der Waals surface area contributed by atoms with Gasteiger partial charge in [0.15, 0.2) is 0 Å². The van der Waals surface area contributed by atoms with Crippen LogP contribution in [0.3, 0.4) is 0 Å². The highest BCUT2D eigenvalue weighted by Gasteiger charge is 2.43. The Hall–Kier alpha value is -1.02. The minimum absolute atomic E-state index is 0.140. The Morgan fingerprint density at radius 3 is 2.05 bits per heavy atom. The Bertz CT molecular complexity index is 334. The molecule has 0 unspecified atom stereocenters. The van der Waals surface area contributed by atoms with Crippen LogP contribution in [0, 0.1) is 0 Å².